The number of esters is 1. The van der Waals surface area contributed by atoms with Crippen LogP contribution in [0.25, 0.3) is 0 Å². The lowest BCUT2D eigenvalue weighted by molar-refractivity contribution is -0.145. The highest BCUT2D eigenvalue weighted by Gasteiger charge is 2.38. The van der Waals surface area contributed by atoms with Crippen molar-refractivity contribution in [3.05, 3.63) is 11.7 Å². The molecule has 21 heavy (non-hydrogen) atoms. The van der Waals surface area contributed by atoms with Gasteiger partial charge in [-0.2, -0.15) is 4.98 Å². The first kappa shape index (κ1) is 14.5. The molecule has 2 aliphatic rings. The molecule has 7 nitrogen and oxygen atoms in total. The van der Waals surface area contributed by atoms with E-state index in [1.165, 1.54) is 0 Å². The van der Waals surface area contributed by atoms with E-state index in [0.29, 0.717) is 11.7 Å². The number of hydrogen-bond acceptors (Lipinski definition) is 7. The van der Waals surface area contributed by atoms with Crippen molar-refractivity contribution in [2.45, 2.75) is 45.4 Å². The molecular weight excluding hydrogens is 272 g/mol. The summed E-state index contributed by atoms with van der Waals surface area (Å²) in [5.74, 6) is 1.25. The Hall–Kier alpha value is -1.47. The molecule has 0 radical (unpaired) electrons. The molecule has 7 heteroatoms. The number of carbonyl (C=O) groups excluding carboxylic acids is 1. The van der Waals surface area contributed by atoms with Crippen molar-refractivity contribution in [1.29, 1.82) is 0 Å². The molecule has 0 unspecified atom stereocenters. The van der Waals surface area contributed by atoms with E-state index in [4.69, 9.17) is 9.26 Å². The Bertz CT molecular complexity index is 510. The molecule has 3 heterocycles. The van der Waals surface area contributed by atoms with Crippen molar-refractivity contribution in [3.8, 4) is 0 Å². The van der Waals surface area contributed by atoms with Crippen LogP contribution in [0, 0.1) is 6.92 Å². The van der Waals surface area contributed by atoms with Gasteiger partial charge in [-0.3, -0.25) is 14.6 Å². The Labute approximate surface area is 124 Å². The molecule has 0 N–H and O–H groups in total. The van der Waals surface area contributed by atoms with Crippen molar-refractivity contribution in [2.24, 2.45) is 0 Å². The molecule has 116 valence electrons. The number of cyclic esters (lactones) is 1. The zero-order valence-corrected chi connectivity index (χ0v) is 12.8. The Morgan fingerprint density at radius 1 is 1.29 bits per heavy atom. The van der Waals surface area contributed by atoms with Crippen LogP contribution < -0.4 is 0 Å². The average Bonchev–Trinajstić information content (AvgIpc) is 3.04. The normalized spacial score (nSPS) is 29.6. The lowest BCUT2D eigenvalue weighted by atomic mass is 10.1. The first-order chi connectivity index (χ1) is 10.0. The van der Waals surface area contributed by atoms with Gasteiger partial charge < -0.3 is 9.26 Å². The minimum Gasteiger partial charge on any atom is -0.461 e. The molecule has 3 atom stereocenters. The van der Waals surface area contributed by atoms with E-state index in [1.54, 1.807) is 0 Å². The summed E-state index contributed by atoms with van der Waals surface area (Å²) in [7, 11) is 0. The number of ether oxygens (including phenoxy) is 1. The van der Waals surface area contributed by atoms with Crippen molar-refractivity contribution in [3.63, 3.8) is 0 Å². The maximum absolute atomic E-state index is 11.8. The number of nitrogens with zero attached hydrogens (tertiary/aromatic N) is 4. The van der Waals surface area contributed by atoms with Gasteiger partial charge in [0.05, 0.1) is 6.04 Å². The highest BCUT2D eigenvalue weighted by Crippen LogP contribution is 2.24. The van der Waals surface area contributed by atoms with Gasteiger partial charge >= 0.3 is 5.97 Å². The minimum atomic E-state index is -0.0727. The first-order valence-electron chi connectivity index (χ1n) is 7.53. The van der Waals surface area contributed by atoms with Gasteiger partial charge in [0, 0.05) is 32.6 Å². The predicted molar refractivity (Wildman–Crippen MR) is 74.6 cm³/mol. The fourth-order valence-electron chi connectivity index (χ4n) is 3.11. The summed E-state index contributed by atoms with van der Waals surface area (Å²) in [6.07, 6.45) is 0.845. The number of rotatable bonds is 3. The Morgan fingerprint density at radius 2 is 2.00 bits per heavy atom. The topological polar surface area (TPSA) is 71.7 Å². The quantitative estimate of drug-likeness (QED) is 0.762. The van der Waals surface area contributed by atoms with E-state index in [-0.39, 0.29) is 24.2 Å². The predicted octanol–water partition coefficient (Wildman–Crippen LogP) is 0.761. The average molecular weight is 294 g/mol. The first-order valence-corrected chi connectivity index (χ1v) is 7.53. The second-order valence-corrected chi connectivity index (χ2v) is 5.93. The summed E-state index contributed by atoms with van der Waals surface area (Å²) in [4.78, 5) is 20.7. The van der Waals surface area contributed by atoms with Gasteiger partial charge in [0.1, 0.15) is 12.1 Å². The molecule has 2 aliphatic heterocycles. The molecule has 2 fully saturated rings. The van der Waals surface area contributed by atoms with Crippen LogP contribution in [0.3, 0.4) is 0 Å². The Balaban J connectivity index is 1.56. The molecule has 0 spiro atoms. The van der Waals surface area contributed by atoms with E-state index >= 15 is 0 Å². The summed E-state index contributed by atoms with van der Waals surface area (Å²) >= 11 is 0. The molecule has 1 aromatic heterocycles. The Kier molecular flexibility index (Phi) is 3.95. The molecule has 0 amide bonds. The molecule has 3 rings (SSSR count). The molecule has 0 bridgehead atoms. The van der Waals surface area contributed by atoms with E-state index in [1.807, 2.05) is 13.8 Å². The van der Waals surface area contributed by atoms with Crippen LogP contribution in [0.15, 0.2) is 4.52 Å². The highest BCUT2D eigenvalue weighted by atomic mass is 16.6. The highest BCUT2D eigenvalue weighted by molar-refractivity contribution is 5.78. The third-order valence-electron chi connectivity index (χ3n) is 4.38. The van der Waals surface area contributed by atoms with Crippen LogP contribution in [0.1, 0.15) is 38.0 Å². The summed E-state index contributed by atoms with van der Waals surface area (Å²) in [6.45, 7) is 9.36. The third kappa shape index (κ3) is 2.94. The van der Waals surface area contributed by atoms with Crippen LogP contribution in [-0.4, -0.2) is 64.2 Å². The van der Waals surface area contributed by atoms with Gasteiger partial charge in [0.2, 0.25) is 5.89 Å². The zero-order valence-electron chi connectivity index (χ0n) is 12.8. The lowest BCUT2D eigenvalue weighted by Gasteiger charge is -2.38. The molecule has 0 aliphatic carbocycles. The van der Waals surface area contributed by atoms with Crippen LogP contribution in [0.2, 0.25) is 0 Å². The fourth-order valence-corrected chi connectivity index (χ4v) is 3.11. The van der Waals surface area contributed by atoms with E-state index < -0.39 is 0 Å². The van der Waals surface area contributed by atoms with Gasteiger partial charge in [-0.1, -0.05) is 5.16 Å². The van der Waals surface area contributed by atoms with Crippen molar-refractivity contribution in [2.75, 3.05) is 26.2 Å². The van der Waals surface area contributed by atoms with Crippen LogP contribution in [-0.2, 0) is 9.53 Å². The fraction of sp³-hybridized carbons (Fsp3) is 0.786. The summed E-state index contributed by atoms with van der Waals surface area (Å²) in [6, 6.07) is 0.0471. The summed E-state index contributed by atoms with van der Waals surface area (Å²) in [5.41, 5.74) is 0. The number of piperazine rings is 1. The smallest absolute Gasteiger partial charge is 0.323 e. The van der Waals surface area contributed by atoms with Gasteiger partial charge in [0.15, 0.2) is 5.82 Å². The number of hydrogen-bond donors (Lipinski definition) is 0. The van der Waals surface area contributed by atoms with Gasteiger partial charge in [-0.15, -0.1) is 0 Å². The molecule has 0 saturated carbocycles. The number of aryl methyl sites for hydroxylation is 1. The van der Waals surface area contributed by atoms with E-state index in [9.17, 15) is 4.79 Å². The molecule has 2 saturated heterocycles. The third-order valence-corrected chi connectivity index (χ3v) is 4.38. The van der Waals surface area contributed by atoms with Gasteiger partial charge in [-0.25, -0.2) is 0 Å². The second kappa shape index (κ2) is 5.73. The largest absolute Gasteiger partial charge is 0.461 e. The minimum absolute atomic E-state index is 0.0424. The van der Waals surface area contributed by atoms with E-state index in [2.05, 4.69) is 26.9 Å². The lowest BCUT2D eigenvalue weighted by Crippen LogP contribution is -2.52. The monoisotopic (exact) mass is 294 g/mol. The number of aromatic nitrogens is 2. The molecule has 0 aromatic carbocycles. The van der Waals surface area contributed by atoms with Gasteiger partial charge in [-0.05, 0) is 20.8 Å². The SMILES string of the molecule is Cc1noc([C@H](C)N2CCN([C@H]3C[C@H](C)OC3=O)CC2)n1. The molecular formula is C14H22N4O3. The summed E-state index contributed by atoms with van der Waals surface area (Å²) in [5, 5.41) is 3.84. The maximum Gasteiger partial charge on any atom is 0.323 e. The molecule has 1 aromatic rings. The maximum atomic E-state index is 11.8. The Morgan fingerprint density at radius 3 is 2.52 bits per heavy atom. The van der Waals surface area contributed by atoms with Crippen LogP contribution in [0.5, 0.6) is 0 Å². The summed E-state index contributed by atoms with van der Waals surface area (Å²) < 4.78 is 10.5. The second-order valence-electron chi connectivity index (χ2n) is 5.93. The zero-order chi connectivity index (χ0) is 15.0. The van der Waals surface area contributed by atoms with E-state index in [0.717, 1.165) is 32.6 Å². The van der Waals surface area contributed by atoms with Crippen molar-refractivity contribution in [1.82, 2.24) is 19.9 Å². The number of carbonyl (C=O) groups is 1. The van der Waals surface area contributed by atoms with Crippen LogP contribution >= 0.6 is 0 Å². The van der Waals surface area contributed by atoms with Crippen molar-refractivity contribution < 1.29 is 14.1 Å². The van der Waals surface area contributed by atoms with Gasteiger partial charge in [0.25, 0.3) is 0 Å². The van der Waals surface area contributed by atoms with Crippen LogP contribution in [0.4, 0.5) is 0 Å². The van der Waals surface area contributed by atoms with Crippen molar-refractivity contribution >= 4 is 5.97 Å². The standard InChI is InChI=1S/C14H22N4O3/c1-9-8-12(14(19)20-9)18-6-4-17(5-7-18)10(2)13-15-11(3)16-21-13/h9-10,12H,4-8H2,1-3H3/t9-,10-,12-/m0/s1.